The van der Waals surface area contributed by atoms with Crippen molar-refractivity contribution in [1.82, 2.24) is 0 Å². The van der Waals surface area contributed by atoms with Crippen molar-refractivity contribution in [3.63, 3.8) is 0 Å². The number of hydrogen-bond acceptors (Lipinski definition) is 5. The van der Waals surface area contributed by atoms with Gasteiger partial charge in [0, 0.05) is 16.1 Å². The SMILES string of the molecule is CCS(=O)(=O)N=C1C=C(S(=O)(=O)c2ccc(Cl)cc2)C(=O)c2ccccc21. The molecule has 1 aliphatic rings. The van der Waals surface area contributed by atoms with Gasteiger partial charge in [-0.3, -0.25) is 4.79 Å². The molecule has 0 heterocycles. The fourth-order valence-electron chi connectivity index (χ4n) is 2.53. The standard InChI is InChI=1S/C18H14ClNO5S2/c1-2-26(22,23)20-16-11-17(18(21)15-6-4-3-5-14(15)16)27(24,25)13-9-7-12(19)8-10-13/h3-11H,2H2,1H3. The average molecular weight is 424 g/mol. The molecule has 0 aliphatic heterocycles. The Kier molecular flexibility index (Phi) is 5.07. The highest BCUT2D eigenvalue weighted by molar-refractivity contribution is 7.96. The first kappa shape index (κ1) is 19.5. The topological polar surface area (TPSA) is 97.7 Å². The zero-order valence-corrected chi connectivity index (χ0v) is 16.5. The van der Waals surface area contributed by atoms with E-state index in [0.29, 0.717) is 5.02 Å². The van der Waals surface area contributed by atoms with Crippen LogP contribution in [-0.4, -0.2) is 34.1 Å². The van der Waals surface area contributed by atoms with E-state index in [9.17, 15) is 21.6 Å². The summed E-state index contributed by atoms with van der Waals surface area (Å²) in [7, 11) is -7.99. The molecule has 3 rings (SSSR count). The second-order valence-corrected chi connectivity index (χ2v) is 9.97. The first-order valence-electron chi connectivity index (χ1n) is 7.85. The van der Waals surface area contributed by atoms with Gasteiger partial charge in [0.05, 0.1) is 16.4 Å². The molecule has 0 amide bonds. The molecule has 0 bridgehead atoms. The molecule has 0 unspecified atom stereocenters. The first-order valence-corrected chi connectivity index (χ1v) is 11.3. The lowest BCUT2D eigenvalue weighted by atomic mass is 9.94. The van der Waals surface area contributed by atoms with Gasteiger partial charge >= 0.3 is 0 Å². The summed E-state index contributed by atoms with van der Waals surface area (Å²) in [5, 5.41) is 0.347. The molecule has 2 aromatic rings. The van der Waals surface area contributed by atoms with Crippen LogP contribution in [0, 0.1) is 0 Å². The summed E-state index contributed by atoms with van der Waals surface area (Å²) < 4.78 is 53.5. The molecule has 0 atom stereocenters. The van der Waals surface area contributed by atoms with Crippen molar-refractivity contribution in [3.8, 4) is 0 Å². The van der Waals surface area contributed by atoms with Gasteiger partial charge in [0.2, 0.25) is 15.6 Å². The van der Waals surface area contributed by atoms with E-state index < -0.39 is 30.5 Å². The number of hydrogen-bond donors (Lipinski definition) is 0. The quantitative estimate of drug-likeness (QED) is 0.752. The third-order valence-corrected chi connectivity index (χ3v) is 7.19. The predicted octanol–water partition coefficient (Wildman–Crippen LogP) is 3.03. The summed E-state index contributed by atoms with van der Waals surface area (Å²) >= 11 is 5.79. The lowest BCUT2D eigenvalue weighted by Crippen LogP contribution is -2.23. The average Bonchev–Trinajstić information content (AvgIpc) is 2.64. The summed E-state index contributed by atoms with van der Waals surface area (Å²) in [5.41, 5.74) is 0.270. The second kappa shape index (κ2) is 7.03. The van der Waals surface area contributed by atoms with Crippen molar-refractivity contribution in [2.75, 3.05) is 5.75 Å². The molecule has 140 valence electrons. The lowest BCUT2D eigenvalue weighted by Gasteiger charge is -2.17. The summed E-state index contributed by atoms with van der Waals surface area (Å²) in [6.07, 6.45) is 1.02. The van der Waals surface area contributed by atoms with Crippen LogP contribution < -0.4 is 0 Å². The maximum Gasteiger partial charge on any atom is 0.253 e. The van der Waals surface area contributed by atoms with Crippen molar-refractivity contribution in [1.29, 1.82) is 0 Å². The Morgan fingerprint density at radius 1 is 0.926 bits per heavy atom. The number of benzene rings is 2. The number of sulfonamides is 1. The summed E-state index contributed by atoms with van der Waals surface area (Å²) in [4.78, 5) is 12.2. The highest BCUT2D eigenvalue weighted by atomic mass is 35.5. The fraction of sp³-hybridized carbons (Fsp3) is 0.111. The predicted molar refractivity (Wildman–Crippen MR) is 103 cm³/mol. The van der Waals surface area contributed by atoms with Crippen LogP contribution >= 0.6 is 11.6 Å². The van der Waals surface area contributed by atoms with Crippen molar-refractivity contribution < 1.29 is 21.6 Å². The molecule has 0 spiro atoms. The largest absolute Gasteiger partial charge is 0.288 e. The second-order valence-electron chi connectivity index (χ2n) is 5.69. The van der Waals surface area contributed by atoms with Crippen LogP contribution in [0.4, 0.5) is 0 Å². The minimum Gasteiger partial charge on any atom is -0.288 e. The molecule has 0 saturated carbocycles. The lowest BCUT2D eigenvalue weighted by molar-refractivity contribution is 0.104. The number of Topliss-reactive ketones (excluding diaryl/α,β-unsaturated/α-hetero) is 1. The zero-order valence-electron chi connectivity index (χ0n) is 14.1. The van der Waals surface area contributed by atoms with E-state index in [4.69, 9.17) is 11.6 Å². The highest BCUT2D eigenvalue weighted by Gasteiger charge is 2.34. The third kappa shape index (κ3) is 3.73. The van der Waals surface area contributed by atoms with Gasteiger partial charge in [-0.25, -0.2) is 16.8 Å². The van der Waals surface area contributed by atoms with E-state index in [2.05, 4.69) is 4.40 Å². The Balaban J connectivity index is 2.25. The minimum atomic E-state index is -4.19. The van der Waals surface area contributed by atoms with Crippen LogP contribution in [0.2, 0.25) is 5.02 Å². The number of sulfone groups is 1. The zero-order chi connectivity index (χ0) is 19.8. The van der Waals surface area contributed by atoms with Crippen molar-refractivity contribution in [2.24, 2.45) is 4.40 Å². The van der Waals surface area contributed by atoms with Crippen LogP contribution in [0.15, 0.2) is 68.8 Å². The Labute approximate surface area is 162 Å². The minimum absolute atomic E-state index is 0.0811. The Bertz CT molecular complexity index is 1190. The number of carbonyl (C=O) groups is 1. The molecular formula is C18H14ClNO5S2. The van der Waals surface area contributed by atoms with Gasteiger partial charge in [0.1, 0.15) is 4.91 Å². The van der Waals surface area contributed by atoms with Crippen LogP contribution in [0.5, 0.6) is 0 Å². The fourth-order valence-corrected chi connectivity index (χ4v) is 4.61. The van der Waals surface area contributed by atoms with Gasteiger partial charge in [-0.1, -0.05) is 35.9 Å². The third-order valence-electron chi connectivity index (χ3n) is 3.95. The molecule has 9 heteroatoms. The van der Waals surface area contributed by atoms with Gasteiger partial charge in [-0.2, -0.15) is 4.40 Å². The van der Waals surface area contributed by atoms with E-state index in [0.717, 1.165) is 6.08 Å². The molecule has 6 nitrogen and oxygen atoms in total. The Morgan fingerprint density at radius 2 is 1.52 bits per heavy atom. The number of allylic oxidation sites excluding steroid dienone is 2. The van der Waals surface area contributed by atoms with Gasteiger partial charge in [0.15, 0.2) is 0 Å². The summed E-state index contributed by atoms with van der Waals surface area (Å²) in [6.45, 7) is 1.42. The molecule has 0 aromatic heterocycles. The molecule has 0 fully saturated rings. The van der Waals surface area contributed by atoms with Crippen LogP contribution in [0.3, 0.4) is 0 Å². The van der Waals surface area contributed by atoms with E-state index in [1.165, 1.54) is 43.3 Å². The van der Waals surface area contributed by atoms with E-state index in [1.807, 2.05) is 0 Å². The smallest absolute Gasteiger partial charge is 0.253 e. The van der Waals surface area contributed by atoms with Gasteiger partial charge in [-0.15, -0.1) is 0 Å². The summed E-state index contributed by atoms with van der Waals surface area (Å²) in [5.74, 6) is -0.965. The molecule has 0 N–H and O–H groups in total. The molecule has 1 aliphatic carbocycles. The van der Waals surface area contributed by atoms with Crippen LogP contribution in [-0.2, 0) is 19.9 Å². The number of carbonyl (C=O) groups excluding carboxylic acids is 1. The molecule has 2 aromatic carbocycles. The van der Waals surface area contributed by atoms with E-state index >= 15 is 0 Å². The molecule has 0 radical (unpaired) electrons. The van der Waals surface area contributed by atoms with E-state index in [-0.39, 0.29) is 27.5 Å². The van der Waals surface area contributed by atoms with Crippen molar-refractivity contribution >= 4 is 43.0 Å². The number of halogens is 1. The maximum atomic E-state index is 13.0. The number of fused-ring (bicyclic) bond motifs is 1. The monoisotopic (exact) mass is 423 g/mol. The highest BCUT2D eigenvalue weighted by Crippen LogP contribution is 2.30. The van der Waals surface area contributed by atoms with Gasteiger partial charge in [-0.05, 0) is 37.3 Å². The first-order chi connectivity index (χ1) is 12.7. The Morgan fingerprint density at radius 3 is 2.11 bits per heavy atom. The van der Waals surface area contributed by atoms with Crippen LogP contribution in [0.1, 0.15) is 22.8 Å². The van der Waals surface area contributed by atoms with Gasteiger partial charge in [0.25, 0.3) is 10.0 Å². The number of ketones is 1. The van der Waals surface area contributed by atoms with Crippen molar-refractivity contribution in [2.45, 2.75) is 11.8 Å². The Hall–Kier alpha value is -2.29. The number of nitrogens with zero attached hydrogens (tertiary/aromatic N) is 1. The van der Waals surface area contributed by atoms with Gasteiger partial charge < -0.3 is 0 Å². The molecule has 27 heavy (non-hydrogen) atoms. The number of rotatable bonds is 4. The van der Waals surface area contributed by atoms with Crippen LogP contribution in [0.25, 0.3) is 0 Å². The molecule has 0 saturated heterocycles. The normalized spacial score (nSPS) is 16.1. The molecular weight excluding hydrogens is 410 g/mol. The summed E-state index contributed by atoms with van der Waals surface area (Å²) in [6, 6.07) is 11.5. The van der Waals surface area contributed by atoms with E-state index in [1.54, 1.807) is 12.1 Å². The maximum absolute atomic E-state index is 13.0. The van der Waals surface area contributed by atoms with Crippen molar-refractivity contribution in [3.05, 3.63) is 75.7 Å².